The molecule has 0 aliphatic heterocycles. The summed E-state index contributed by atoms with van der Waals surface area (Å²) in [5.41, 5.74) is 1.06. The zero-order chi connectivity index (χ0) is 15.2. The Kier molecular flexibility index (Phi) is 5.57. The second-order valence-electron chi connectivity index (χ2n) is 4.56. The summed E-state index contributed by atoms with van der Waals surface area (Å²) >= 11 is 3.08. The maximum absolute atomic E-state index is 12.3. The Morgan fingerprint density at radius 1 is 1.43 bits per heavy atom. The van der Waals surface area contributed by atoms with Gasteiger partial charge in [0.05, 0.1) is 9.75 Å². The summed E-state index contributed by atoms with van der Waals surface area (Å²) in [5, 5.41) is 10.7. The molecular weight excluding hydrogens is 302 g/mol. The zero-order valence-corrected chi connectivity index (χ0v) is 13.7. The molecule has 110 valence electrons. The summed E-state index contributed by atoms with van der Waals surface area (Å²) in [6.07, 6.45) is 0.957. The first-order valence-electron chi connectivity index (χ1n) is 6.65. The number of rotatable bonds is 4. The molecule has 0 fully saturated rings. The minimum atomic E-state index is -0.135. The van der Waals surface area contributed by atoms with Gasteiger partial charge in [0.25, 0.3) is 5.91 Å². The van der Waals surface area contributed by atoms with E-state index in [1.165, 1.54) is 16.2 Å². The quantitative estimate of drug-likeness (QED) is 0.880. The normalized spacial score (nSPS) is 10.0. The van der Waals surface area contributed by atoms with Crippen molar-refractivity contribution in [2.75, 3.05) is 13.7 Å². The molecule has 0 aromatic carbocycles. The van der Waals surface area contributed by atoms with Crippen molar-refractivity contribution in [3.8, 4) is 11.8 Å². The molecule has 0 unspecified atom stereocenters. The van der Waals surface area contributed by atoms with Crippen LogP contribution in [-0.4, -0.2) is 29.6 Å². The van der Waals surface area contributed by atoms with Gasteiger partial charge in [0.15, 0.2) is 0 Å². The van der Waals surface area contributed by atoms with E-state index in [1.807, 2.05) is 30.6 Å². The Labute approximate surface area is 132 Å². The van der Waals surface area contributed by atoms with Crippen LogP contribution in [0, 0.1) is 11.8 Å². The lowest BCUT2D eigenvalue weighted by Gasteiger charge is -2.15. The van der Waals surface area contributed by atoms with Crippen LogP contribution < -0.4 is 0 Å². The molecule has 1 amide bonds. The van der Waals surface area contributed by atoms with Crippen molar-refractivity contribution in [1.29, 1.82) is 0 Å². The molecule has 5 heteroatoms. The number of hydrogen-bond donors (Lipinski definition) is 1. The van der Waals surface area contributed by atoms with Crippen LogP contribution >= 0.6 is 22.7 Å². The molecule has 2 heterocycles. The molecule has 0 bridgehead atoms. The first kappa shape index (κ1) is 15.8. The minimum absolute atomic E-state index is 0.0499. The van der Waals surface area contributed by atoms with E-state index in [4.69, 9.17) is 5.11 Å². The molecule has 2 aromatic heterocycles. The van der Waals surface area contributed by atoms with E-state index in [0.29, 0.717) is 6.54 Å². The van der Waals surface area contributed by atoms with E-state index in [2.05, 4.69) is 18.8 Å². The highest BCUT2D eigenvalue weighted by Crippen LogP contribution is 2.20. The third-order valence-corrected chi connectivity index (χ3v) is 5.04. The molecule has 0 saturated heterocycles. The van der Waals surface area contributed by atoms with Crippen LogP contribution in [0.3, 0.4) is 0 Å². The first-order chi connectivity index (χ1) is 10.1. The standard InChI is InChI=1S/C16H17NO2S2/c1-3-13-6-7-15(21-13)16(19)17(2)10-12-9-14(20-11-12)5-4-8-18/h6-7,9,11,18H,3,8,10H2,1-2H3. The van der Waals surface area contributed by atoms with Gasteiger partial charge in [-0.15, -0.1) is 22.7 Å². The Balaban J connectivity index is 2.01. The molecule has 3 nitrogen and oxygen atoms in total. The lowest BCUT2D eigenvalue weighted by Crippen LogP contribution is -2.25. The summed E-state index contributed by atoms with van der Waals surface area (Å²) in [6.45, 7) is 2.52. The molecule has 0 aliphatic rings. The van der Waals surface area contributed by atoms with E-state index >= 15 is 0 Å². The van der Waals surface area contributed by atoms with Gasteiger partial charge < -0.3 is 10.0 Å². The summed E-state index contributed by atoms with van der Waals surface area (Å²) in [5.74, 6) is 5.55. The number of aliphatic hydroxyl groups is 1. The molecule has 1 N–H and O–H groups in total. The molecular formula is C16H17NO2S2. The van der Waals surface area contributed by atoms with Crippen molar-refractivity contribution in [2.24, 2.45) is 0 Å². The Bertz CT molecular complexity index is 676. The fourth-order valence-corrected chi connectivity index (χ4v) is 3.58. The highest BCUT2D eigenvalue weighted by atomic mass is 32.1. The number of carbonyl (C=O) groups is 1. The van der Waals surface area contributed by atoms with Crippen LogP contribution in [0.1, 0.15) is 31.9 Å². The predicted octanol–water partition coefficient (Wildman–Crippen LogP) is 2.99. The van der Waals surface area contributed by atoms with Crippen LogP contribution in [0.2, 0.25) is 0 Å². The van der Waals surface area contributed by atoms with Gasteiger partial charge in [-0.25, -0.2) is 0 Å². The summed E-state index contributed by atoms with van der Waals surface area (Å²) in [6, 6.07) is 5.87. The number of aryl methyl sites for hydroxylation is 1. The number of thiophene rings is 2. The van der Waals surface area contributed by atoms with E-state index in [-0.39, 0.29) is 12.5 Å². The second kappa shape index (κ2) is 7.41. The van der Waals surface area contributed by atoms with Crippen molar-refractivity contribution in [3.63, 3.8) is 0 Å². The lowest BCUT2D eigenvalue weighted by atomic mass is 10.3. The number of amides is 1. The molecule has 0 radical (unpaired) electrons. The van der Waals surface area contributed by atoms with Gasteiger partial charge >= 0.3 is 0 Å². The average molecular weight is 319 g/mol. The summed E-state index contributed by atoms with van der Waals surface area (Å²) in [4.78, 5) is 17.0. The molecule has 2 aromatic rings. The maximum Gasteiger partial charge on any atom is 0.263 e. The van der Waals surface area contributed by atoms with Crippen LogP contribution in [0.4, 0.5) is 0 Å². The van der Waals surface area contributed by atoms with Crippen molar-refractivity contribution in [3.05, 3.63) is 43.8 Å². The fourth-order valence-electron chi connectivity index (χ4n) is 1.87. The minimum Gasteiger partial charge on any atom is -0.384 e. The number of aliphatic hydroxyl groups excluding tert-OH is 1. The highest BCUT2D eigenvalue weighted by molar-refractivity contribution is 7.14. The number of hydrogen-bond acceptors (Lipinski definition) is 4. The van der Waals surface area contributed by atoms with E-state index in [1.54, 1.807) is 16.2 Å². The van der Waals surface area contributed by atoms with E-state index in [0.717, 1.165) is 21.7 Å². The van der Waals surface area contributed by atoms with Gasteiger partial charge in [-0.05, 0) is 35.6 Å². The van der Waals surface area contributed by atoms with E-state index < -0.39 is 0 Å². The van der Waals surface area contributed by atoms with Crippen LogP contribution in [0.25, 0.3) is 0 Å². The van der Waals surface area contributed by atoms with Gasteiger partial charge in [-0.3, -0.25) is 4.79 Å². The van der Waals surface area contributed by atoms with Crippen LogP contribution in [0.15, 0.2) is 23.6 Å². The van der Waals surface area contributed by atoms with Crippen molar-refractivity contribution < 1.29 is 9.90 Å². The van der Waals surface area contributed by atoms with Gasteiger partial charge in [0, 0.05) is 18.5 Å². The topological polar surface area (TPSA) is 40.5 Å². The highest BCUT2D eigenvalue weighted by Gasteiger charge is 2.14. The van der Waals surface area contributed by atoms with Crippen molar-refractivity contribution in [2.45, 2.75) is 19.9 Å². The lowest BCUT2D eigenvalue weighted by molar-refractivity contribution is 0.0790. The number of carbonyl (C=O) groups excluding carboxylic acids is 1. The first-order valence-corrected chi connectivity index (χ1v) is 8.35. The van der Waals surface area contributed by atoms with Crippen LogP contribution in [-0.2, 0) is 13.0 Å². The number of nitrogens with zero attached hydrogens (tertiary/aromatic N) is 1. The summed E-state index contributed by atoms with van der Waals surface area (Å²) in [7, 11) is 1.81. The molecule has 0 atom stereocenters. The maximum atomic E-state index is 12.3. The van der Waals surface area contributed by atoms with E-state index in [9.17, 15) is 4.79 Å². The largest absolute Gasteiger partial charge is 0.384 e. The third kappa shape index (κ3) is 4.18. The van der Waals surface area contributed by atoms with Gasteiger partial charge in [0.2, 0.25) is 0 Å². The molecule has 21 heavy (non-hydrogen) atoms. The van der Waals surface area contributed by atoms with Crippen LogP contribution in [0.5, 0.6) is 0 Å². The monoisotopic (exact) mass is 319 g/mol. The third-order valence-electron chi connectivity index (χ3n) is 2.93. The SMILES string of the molecule is CCc1ccc(C(=O)N(C)Cc2csc(C#CCO)c2)s1. The van der Waals surface area contributed by atoms with Crippen molar-refractivity contribution >= 4 is 28.6 Å². The predicted molar refractivity (Wildman–Crippen MR) is 87.8 cm³/mol. The Morgan fingerprint density at radius 2 is 2.24 bits per heavy atom. The van der Waals surface area contributed by atoms with Gasteiger partial charge in [0.1, 0.15) is 6.61 Å². The van der Waals surface area contributed by atoms with Gasteiger partial charge in [-0.2, -0.15) is 0 Å². The molecule has 0 saturated carbocycles. The molecule has 0 spiro atoms. The van der Waals surface area contributed by atoms with Crippen molar-refractivity contribution in [1.82, 2.24) is 4.90 Å². The Morgan fingerprint density at radius 3 is 2.90 bits per heavy atom. The summed E-state index contributed by atoms with van der Waals surface area (Å²) < 4.78 is 0. The molecule has 0 aliphatic carbocycles. The smallest absolute Gasteiger partial charge is 0.263 e. The zero-order valence-electron chi connectivity index (χ0n) is 12.0. The molecule has 2 rings (SSSR count). The van der Waals surface area contributed by atoms with Gasteiger partial charge in [-0.1, -0.05) is 18.8 Å². The fraction of sp³-hybridized carbons (Fsp3) is 0.312. The second-order valence-corrected chi connectivity index (χ2v) is 6.64. The average Bonchev–Trinajstić information content (AvgIpc) is 3.13. The Hall–Kier alpha value is -1.61.